The topological polar surface area (TPSA) is 33.1 Å². The van der Waals surface area contributed by atoms with Gasteiger partial charge in [-0.25, -0.2) is 0 Å². The van der Waals surface area contributed by atoms with Crippen molar-refractivity contribution in [1.82, 2.24) is 20.0 Å². The molecule has 0 radical (unpaired) electrons. The third-order valence-corrected chi connectivity index (χ3v) is 4.22. The average Bonchev–Trinajstić information content (AvgIpc) is 2.94. The maximum absolute atomic E-state index is 6.38. The molecular formula is C14H25ClN4. The molecule has 0 spiro atoms. The molecule has 1 fully saturated rings. The lowest BCUT2D eigenvalue weighted by atomic mass is 9.99. The first-order chi connectivity index (χ1) is 9.13. The molecule has 1 heterocycles. The Morgan fingerprint density at radius 1 is 1.47 bits per heavy atom. The Balaban J connectivity index is 2.15. The van der Waals surface area contributed by atoms with Crippen molar-refractivity contribution < 1.29 is 0 Å². The number of nitrogens with one attached hydrogen (secondary N) is 1. The summed E-state index contributed by atoms with van der Waals surface area (Å²) in [4.78, 5) is 2.18. The lowest BCUT2D eigenvalue weighted by Gasteiger charge is -2.22. The van der Waals surface area contributed by atoms with Crippen LogP contribution in [-0.4, -0.2) is 47.9 Å². The Bertz CT molecular complexity index is 402. The van der Waals surface area contributed by atoms with Crippen molar-refractivity contribution in [3.63, 3.8) is 0 Å². The molecule has 1 aliphatic carbocycles. The minimum absolute atomic E-state index is 0.511. The SMILES string of the molecule is CCNC1CCCC1c1c(Cl)cnn1CCN(C)C. The monoisotopic (exact) mass is 284 g/mol. The molecule has 1 N–H and O–H groups in total. The molecule has 0 amide bonds. The minimum atomic E-state index is 0.511. The Hall–Kier alpha value is -0.580. The van der Waals surface area contributed by atoms with E-state index in [4.69, 9.17) is 11.6 Å². The minimum Gasteiger partial charge on any atom is -0.314 e. The van der Waals surface area contributed by atoms with Gasteiger partial charge in [-0.15, -0.1) is 0 Å². The Labute approximate surface area is 121 Å². The maximum atomic E-state index is 6.38. The van der Waals surface area contributed by atoms with Crippen LogP contribution in [0.2, 0.25) is 5.02 Å². The normalized spacial score (nSPS) is 23.4. The van der Waals surface area contributed by atoms with E-state index in [1.165, 1.54) is 25.0 Å². The van der Waals surface area contributed by atoms with Crippen LogP contribution in [0.3, 0.4) is 0 Å². The van der Waals surface area contributed by atoms with E-state index in [0.29, 0.717) is 12.0 Å². The molecule has 0 aromatic carbocycles. The number of likely N-dealkylation sites (N-methyl/N-ethyl adjacent to an activating group) is 2. The van der Waals surface area contributed by atoms with Gasteiger partial charge >= 0.3 is 0 Å². The number of aromatic nitrogens is 2. The molecule has 1 aromatic rings. The highest BCUT2D eigenvalue weighted by atomic mass is 35.5. The molecule has 108 valence electrons. The van der Waals surface area contributed by atoms with Crippen molar-refractivity contribution in [3.05, 3.63) is 16.9 Å². The molecule has 2 rings (SSSR count). The van der Waals surface area contributed by atoms with Gasteiger partial charge in [0.05, 0.1) is 23.5 Å². The summed E-state index contributed by atoms with van der Waals surface area (Å²) in [7, 11) is 4.17. The lowest BCUT2D eigenvalue weighted by molar-refractivity contribution is 0.362. The summed E-state index contributed by atoms with van der Waals surface area (Å²) in [5, 5.41) is 8.88. The van der Waals surface area contributed by atoms with Gasteiger partial charge < -0.3 is 10.2 Å². The van der Waals surface area contributed by atoms with Gasteiger partial charge in [0.15, 0.2) is 0 Å². The Morgan fingerprint density at radius 2 is 2.26 bits per heavy atom. The number of halogens is 1. The van der Waals surface area contributed by atoms with Crippen molar-refractivity contribution in [3.8, 4) is 0 Å². The second kappa shape index (κ2) is 6.73. The van der Waals surface area contributed by atoms with Crippen LogP contribution >= 0.6 is 11.6 Å². The first-order valence-electron chi connectivity index (χ1n) is 7.22. The van der Waals surface area contributed by atoms with E-state index in [-0.39, 0.29) is 0 Å². The van der Waals surface area contributed by atoms with Gasteiger partial charge in [0.1, 0.15) is 0 Å². The largest absolute Gasteiger partial charge is 0.314 e. The Morgan fingerprint density at radius 3 is 2.95 bits per heavy atom. The van der Waals surface area contributed by atoms with Crippen LogP contribution in [-0.2, 0) is 6.54 Å². The van der Waals surface area contributed by atoms with Crippen LogP contribution in [0.1, 0.15) is 37.8 Å². The fourth-order valence-corrected chi connectivity index (χ4v) is 3.29. The molecule has 1 aromatic heterocycles. The summed E-state index contributed by atoms with van der Waals surface area (Å²) < 4.78 is 2.10. The van der Waals surface area contributed by atoms with Gasteiger partial charge in [-0.05, 0) is 33.5 Å². The number of rotatable bonds is 6. The van der Waals surface area contributed by atoms with E-state index in [1.807, 2.05) is 0 Å². The van der Waals surface area contributed by atoms with E-state index in [9.17, 15) is 0 Å². The molecule has 0 aliphatic heterocycles. The maximum Gasteiger partial charge on any atom is 0.0821 e. The lowest BCUT2D eigenvalue weighted by Crippen LogP contribution is -2.32. The first-order valence-corrected chi connectivity index (χ1v) is 7.60. The molecular weight excluding hydrogens is 260 g/mol. The van der Waals surface area contributed by atoms with Crippen molar-refractivity contribution in [1.29, 1.82) is 0 Å². The van der Waals surface area contributed by atoms with Gasteiger partial charge in [-0.2, -0.15) is 5.10 Å². The molecule has 19 heavy (non-hydrogen) atoms. The summed E-state index contributed by atoms with van der Waals surface area (Å²) in [6, 6.07) is 0.553. The van der Waals surface area contributed by atoms with Gasteiger partial charge in [0, 0.05) is 18.5 Å². The van der Waals surface area contributed by atoms with Crippen LogP contribution in [0.15, 0.2) is 6.20 Å². The van der Waals surface area contributed by atoms with Crippen LogP contribution in [0.5, 0.6) is 0 Å². The summed E-state index contributed by atoms with van der Waals surface area (Å²) >= 11 is 6.38. The van der Waals surface area contributed by atoms with Crippen molar-refractivity contribution in [2.75, 3.05) is 27.2 Å². The van der Waals surface area contributed by atoms with Gasteiger partial charge in [0.25, 0.3) is 0 Å². The predicted molar refractivity (Wildman–Crippen MR) is 79.8 cm³/mol. The van der Waals surface area contributed by atoms with Crippen molar-refractivity contribution in [2.24, 2.45) is 0 Å². The third-order valence-electron chi connectivity index (χ3n) is 3.93. The molecule has 1 saturated carbocycles. The molecule has 1 aliphatic rings. The number of hydrogen-bond acceptors (Lipinski definition) is 3. The van der Waals surface area contributed by atoms with Crippen LogP contribution in [0.25, 0.3) is 0 Å². The standard InChI is InChI=1S/C14H25ClN4/c1-4-16-13-7-5-6-11(13)14-12(15)10-17-19(14)9-8-18(2)3/h10-11,13,16H,4-9H2,1-3H3. The van der Waals surface area contributed by atoms with Crippen LogP contribution in [0, 0.1) is 0 Å². The molecule has 0 saturated heterocycles. The van der Waals surface area contributed by atoms with Gasteiger partial charge in [-0.1, -0.05) is 24.9 Å². The molecule has 0 bridgehead atoms. The fourth-order valence-electron chi connectivity index (χ4n) is 3.01. The van der Waals surface area contributed by atoms with Crippen LogP contribution < -0.4 is 5.32 Å². The van der Waals surface area contributed by atoms with E-state index in [0.717, 1.165) is 24.7 Å². The predicted octanol–water partition coefficient (Wildman–Crippen LogP) is 2.34. The zero-order valence-corrected chi connectivity index (χ0v) is 13.0. The number of hydrogen-bond donors (Lipinski definition) is 1. The quantitative estimate of drug-likeness (QED) is 0.870. The molecule has 2 unspecified atom stereocenters. The molecule has 4 nitrogen and oxygen atoms in total. The van der Waals surface area contributed by atoms with E-state index in [2.05, 4.69) is 41.0 Å². The smallest absolute Gasteiger partial charge is 0.0821 e. The van der Waals surface area contributed by atoms with Crippen LogP contribution in [0.4, 0.5) is 0 Å². The number of nitrogens with zero attached hydrogens (tertiary/aromatic N) is 3. The van der Waals surface area contributed by atoms with E-state index >= 15 is 0 Å². The second-order valence-corrected chi connectivity index (χ2v) is 6.01. The molecule has 5 heteroatoms. The van der Waals surface area contributed by atoms with Crippen molar-refractivity contribution >= 4 is 11.6 Å². The van der Waals surface area contributed by atoms with Crippen molar-refractivity contribution in [2.45, 2.75) is 44.7 Å². The summed E-state index contributed by atoms with van der Waals surface area (Å²) in [5.41, 5.74) is 1.23. The first kappa shape index (κ1) is 14.8. The van der Waals surface area contributed by atoms with E-state index in [1.54, 1.807) is 6.20 Å². The fraction of sp³-hybridized carbons (Fsp3) is 0.786. The average molecular weight is 285 g/mol. The highest BCUT2D eigenvalue weighted by Crippen LogP contribution is 2.37. The van der Waals surface area contributed by atoms with Gasteiger partial charge in [0.2, 0.25) is 0 Å². The zero-order chi connectivity index (χ0) is 13.8. The highest BCUT2D eigenvalue weighted by molar-refractivity contribution is 6.31. The van der Waals surface area contributed by atoms with Gasteiger partial charge in [-0.3, -0.25) is 4.68 Å². The summed E-state index contributed by atoms with van der Waals surface area (Å²) in [5.74, 6) is 0.511. The third kappa shape index (κ3) is 3.50. The summed E-state index contributed by atoms with van der Waals surface area (Å²) in [6.45, 7) is 5.08. The molecule has 2 atom stereocenters. The zero-order valence-electron chi connectivity index (χ0n) is 12.2. The second-order valence-electron chi connectivity index (χ2n) is 5.61. The highest BCUT2D eigenvalue weighted by Gasteiger charge is 2.32. The Kier molecular flexibility index (Phi) is 5.25. The summed E-state index contributed by atoms with van der Waals surface area (Å²) in [6.07, 6.45) is 5.53. The van der Waals surface area contributed by atoms with E-state index < -0.39 is 0 Å².